The molecule has 0 unspecified atom stereocenters. The molecule has 0 amide bonds. The summed E-state index contributed by atoms with van der Waals surface area (Å²) in [5.41, 5.74) is 0.437. The van der Waals surface area contributed by atoms with Gasteiger partial charge in [0.2, 0.25) is 5.88 Å². The van der Waals surface area contributed by atoms with Crippen molar-refractivity contribution in [2.45, 2.75) is 0 Å². The Morgan fingerprint density at radius 3 is 2.87 bits per heavy atom. The van der Waals surface area contributed by atoms with E-state index in [4.69, 9.17) is 4.74 Å². The lowest BCUT2D eigenvalue weighted by molar-refractivity contribution is 0.457. The van der Waals surface area contributed by atoms with Gasteiger partial charge >= 0.3 is 0 Å². The highest BCUT2D eigenvalue weighted by molar-refractivity contribution is 5.47. The van der Waals surface area contributed by atoms with Crippen LogP contribution in [0.3, 0.4) is 0 Å². The monoisotopic (exact) mass is 207 g/mol. The molecular weight excluding hydrogens is 197 g/mol. The summed E-state index contributed by atoms with van der Waals surface area (Å²) in [7, 11) is 1.66. The number of benzene rings is 1. The molecule has 1 aromatic carbocycles. The predicted octanol–water partition coefficient (Wildman–Crippen LogP) is 2.38. The standard InChI is InChI=1S/C10H10FN3O/c1-12-9-3-2-7(6-8(9)11)15-10-4-5-13-14-10/h2-6,12H,1H3,(H,13,14). The van der Waals surface area contributed by atoms with E-state index < -0.39 is 0 Å². The maximum atomic E-state index is 13.3. The molecule has 2 aromatic rings. The molecule has 0 aliphatic heterocycles. The Labute approximate surface area is 86.1 Å². The highest BCUT2D eigenvalue weighted by Gasteiger charge is 2.03. The van der Waals surface area contributed by atoms with E-state index in [-0.39, 0.29) is 5.82 Å². The van der Waals surface area contributed by atoms with Gasteiger partial charge in [-0.05, 0) is 12.1 Å². The average Bonchev–Trinajstić information content (AvgIpc) is 2.71. The lowest BCUT2D eigenvalue weighted by Crippen LogP contribution is -1.93. The van der Waals surface area contributed by atoms with Crippen molar-refractivity contribution in [2.24, 2.45) is 0 Å². The van der Waals surface area contributed by atoms with E-state index in [1.807, 2.05) is 0 Å². The number of hydrogen-bond donors (Lipinski definition) is 2. The van der Waals surface area contributed by atoms with Gasteiger partial charge in [-0.1, -0.05) is 0 Å². The van der Waals surface area contributed by atoms with Crippen LogP contribution in [0.15, 0.2) is 30.5 Å². The molecule has 0 spiro atoms. The van der Waals surface area contributed by atoms with E-state index in [2.05, 4.69) is 15.5 Å². The van der Waals surface area contributed by atoms with Crippen molar-refractivity contribution in [1.29, 1.82) is 0 Å². The van der Waals surface area contributed by atoms with E-state index in [1.54, 1.807) is 31.4 Å². The molecule has 0 aliphatic rings. The fourth-order valence-corrected chi connectivity index (χ4v) is 1.19. The quantitative estimate of drug-likeness (QED) is 0.812. The number of aromatic nitrogens is 2. The summed E-state index contributed by atoms with van der Waals surface area (Å²) < 4.78 is 18.6. The van der Waals surface area contributed by atoms with Crippen LogP contribution >= 0.6 is 0 Å². The number of hydrogen-bond acceptors (Lipinski definition) is 3. The van der Waals surface area contributed by atoms with Gasteiger partial charge in [-0.15, -0.1) is 0 Å². The van der Waals surface area contributed by atoms with Crippen molar-refractivity contribution in [3.8, 4) is 11.6 Å². The summed E-state index contributed by atoms with van der Waals surface area (Å²) in [6.45, 7) is 0. The molecule has 0 saturated carbocycles. The number of anilines is 1. The van der Waals surface area contributed by atoms with Gasteiger partial charge in [-0.25, -0.2) is 9.49 Å². The molecule has 0 bridgehead atoms. The number of H-pyrrole nitrogens is 1. The van der Waals surface area contributed by atoms with Crippen molar-refractivity contribution in [1.82, 2.24) is 10.2 Å². The second-order valence-electron chi connectivity index (χ2n) is 2.91. The zero-order valence-corrected chi connectivity index (χ0v) is 8.12. The Kier molecular flexibility index (Phi) is 2.53. The minimum atomic E-state index is -0.352. The third-order valence-corrected chi connectivity index (χ3v) is 1.91. The van der Waals surface area contributed by atoms with Gasteiger partial charge in [0.15, 0.2) is 0 Å². The molecule has 1 aromatic heterocycles. The molecule has 0 radical (unpaired) electrons. The Morgan fingerprint density at radius 1 is 1.40 bits per heavy atom. The highest BCUT2D eigenvalue weighted by atomic mass is 19.1. The van der Waals surface area contributed by atoms with E-state index in [1.165, 1.54) is 6.07 Å². The summed E-state index contributed by atoms with van der Waals surface area (Å²) in [6, 6.07) is 6.26. The first-order valence-electron chi connectivity index (χ1n) is 4.44. The van der Waals surface area contributed by atoms with Crippen LogP contribution in [0, 0.1) is 5.82 Å². The van der Waals surface area contributed by atoms with Gasteiger partial charge in [0.1, 0.15) is 11.6 Å². The average molecular weight is 207 g/mol. The molecule has 0 aliphatic carbocycles. The molecule has 0 saturated heterocycles. The van der Waals surface area contributed by atoms with Gasteiger partial charge < -0.3 is 10.1 Å². The van der Waals surface area contributed by atoms with Crippen LogP contribution in [0.5, 0.6) is 11.6 Å². The maximum absolute atomic E-state index is 13.3. The molecule has 5 heteroatoms. The van der Waals surface area contributed by atoms with Crippen molar-refractivity contribution in [2.75, 3.05) is 12.4 Å². The van der Waals surface area contributed by atoms with Crippen LogP contribution in [-0.2, 0) is 0 Å². The van der Waals surface area contributed by atoms with Crippen LogP contribution < -0.4 is 10.1 Å². The fourth-order valence-electron chi connectivity index (χ4n) is 1.19. The van der Waals surface area contributed by atoms with Gasteiger partial charge in [0.05, 0.1) is 11.9 Å². The van der Waals surface area contributed by atoms with Gasteiger partial charge in [-0.3, -0.25) is 0 Å². The van der Waals surface area contributed by atoms with Crippen LogP contribution in [0.25, 0.3) is 0 Å². The predicted molar refractivity (Wildman–Crippen MR) is 54.6 cm³/mol. The maximum Gasteiger partial charge on any atom is 0.215 e. The topological polar surface area (TPSA) is 49.9 Å². The normalized spacial score (nSPS) is 10.0. The van der Waals surface area contributed by atoms with Crippen molar-refractivity contribution in [3.05, 3.63) is 36.3 Å². The van der Waals surface area contributed by atoms with Crippen LogP contribution in [-0.4, -0.2) is 17.2 Å². The number of nitrogens with zero attached hydrogens (tertiary/aromatic N) is 1. The van der Waals surface area contributed by atoms with Crippen LogP contribution in [0.2, 0.25) is 0 Å². The Morgan fingerprint density at radius 2 is 2.27 bits per heavy atom. The third kappa shape index (κ3) is 2.07. The molecule has 78 valence electrons. The molecule has 1 heterocycles. The number of ether oxygens (including phenoxy) is 1. The van der Waals surface area contributed by atoms with Gasteiger partial charge in [0, 0.05) is 19.2 Å². The lowest BCUT2D eigenvalue weighted by atomic mass is 10.3. The highest BCUT2D eigenvalue weighted by Crippen LogP contribution is 2.23. The van der Waals surface area contributed by atoms with Gasteiger partial charge in [-0.2, -0.15) is 5.10 Å². The second-order valence-corrected chi connectivity index (χ2v) is 2.91. The van der Waals surface area contributed by atoms with E-state index in [0.29, 0.717) is 17.3 Å². The minimum Gasteiger partial charge on any atom is -0.439 e. The summed E-state index contributed by atoms with van der Waals surface area (Å²) in [5.74, 6) is 0.553. The largest absolute Gasteiger partial charge is 0.439 e. The molecular formula is C10H10FN3O. The van der Waals surface area contributed by atoms with Crippen molar-refractivity contribution < 1.29 is 9.13 Å². The Hall–Kier alpha value is -2.04. The van der Waals surface area contributed by atoms with Crippen molar-refractivity contribution >= 4 is 5.69 Å². The minimum absolute atomic E-state index is 0.352. The first-order valence-corrected chi connectivity index (χ1v) is 4.44. The smallest absolute Gasteiger partial charge is 0.215 e. The molecule has 2 rings (SSSR count). The summed E-state index contributed by atoms with van der Waals surface area (Å²) in [5, 5.41) is 9.07. The lowest BCUT2D eigenvalue weighted by Gasteiger charge is -2.05. The van der Waals surface area contributed by atoms with E-state index >= 15 is 0 Å². The summed E-state index contributed by atoms with van der Waals surface area (Å²) in [6.07, 6.45) is 1.56. The summed E-state index contributed by atoms with van der Waals surface area (Å²) in [4.78, 5) is 0. The number of nitrogens with one attached hydrogen (secondary N) is 2. The first-order chi connectivity index (χ1) is 7.29. The molecule has 0 fully saturated rings. The van der Waals surface area contributed by atoms with Crippen molar-refractivity contribution in [3.63, 3.8) is 0 Å². The fraction of sp³-hybridized carbons (Fsp3) is 0.100. The van der Waals surface area contributed by atoms with Gasteiger partial charge in [0.25, 0.3) is 0 Å². The Balaban J connectivity index is 2.20. The zero-order valence-electron chi connectivity index (χ0n) is 8.12. The number of aromatic amines is 1. The molecule has 2 N–H and O–H groups in total. The Bertz CT molecular complexity index is 442. The zero-order chi connectivity index (χ0) is 10.7. The number of rotatable bonds is 3. The third-order valence-electron chi connectivity index (χ3n) is 1.91. The first kappa shape index (κ1) is 9.51. The molecule has 15 heavy (non-hydrogen) atoms. The van der Waals surface area contributed by atoms with E-state index in [0.717, 1.165) is 0 Å². The second kappa shape index (κ2) is 4.00. The summed E-state index contributed by atoms with van der Waals surface area (Å²) >= 11 is 0. The van der Waals surface area contributed by atoms with Crippen LogP contribution in [0.1, 0.15) is 0 Å². The van der Waals surface area contributed by atoms with Crippen LogP contribution in [0.4, 0.5) is 10.1 Å². The molecule has 0 atom stereocenters. The number of halogens is 1. The SMILES string of the molecule is CNc1ccc(Oc2ccn[nH]2)cc1F. The molecule has 4 nitrogen and oxygen atoms in total. The van der Waals surface area contributed by atoms with E-state index in [9.17, 15) is 4.39 Å².